The van der Waals surface area contributed by atoms with Gasteiger partial charge in [0.05, 0.1) is 17.7 Å². The number of aromatic nitrogens is 2. The number of benzene rings is 3. The van der Waals surface area contributed by atoms with Gasteiger partial charge in [-0.05, 0) is 60.6 Å². The summed E-state index contributed by atoms with van der Waals surface area (Å²) in [5.74, 6) is 1.52. The standard InChI is InChI=1S/C30H26N2O2S2/c1-2-34-25-15-9-8-14-24(25)32-29(33)26-23-17-16-21-12-6-7-13-22(21)27(23)36-28(26)31-30(32)35-19-18-20-10-4-3-5-11-20/h3-15H,2,16-19H2,1H3. The first-order valence-corrected chi connectivity index (χ1v) is 14.1. The van der Waals surface area contributed by atoms with Gasteiger partial charge in [-0.25, -0.2) is 4.98 Å². The number of nitrogens with zero attached hydrogens (tertiary/aromatic N) is 2. The minimum absolute atomic E-state index is 0.00811. The Hall–Kier alpha value is -3.35. The lowest BCUT2D eigenvalue weighted by atomic mass is 9.90. The van der Waals surface area contributed by atoms with Crippen LogP contribution in [0.25, 0.3) is 26.3 Å². The van der Waals surface area contributed by atoms with Crippen molar-refractivity contribution in [1.29, 1.82) is 0 Å². The van der Waals surface area contributed by atoms with E-state index in [1.54, 1.807) is 27.7 Å². The predicted molar refractivity (Wildman–Crippen MR) is 150 cm³/mol. The highest BCUT2D eigenvalue weighted by Crippen LogP contribution is 2.43. The monoisotopic (exact) mass is 510 g/mol. The molecule has 0 spiro atoms. The van der Waals surface area contributed by atoms with Crippen LogP contribution in [0.15, 0.2) is 88.8 Å². The van der Waals surface area contributed by atoms with Crippen LogP contribution < -0.4 is 10.3 Å². The number of thiophene rings is 1. The summed E-state index contributed by atoms with van der Waals surface area (Å²) in [5, 5.41) is 1.46. The Morgan fingerprint density at radius 2 is 1.75 bits per heavy atom. The molecule has 3 aromatic carbocycles. The van der Waals surface area contributed by atoms with Crippen molar-refractivity contribution in [2.24, 2.45) is 0 Å². The SMILES string of the molecule is CCOc1ccccc1-n1c(SCCc2ccccc2)nc2sc3c(c2c1=O)CCc1ccccc1-3. The summed E-state index contributed by atoms with van der Waals surface area (Å²) in [4.78, 5) is 21.4. The number of ether oxygens (including phenoxy) is 1. The lowest BCUT2D eigenvalue weighted by Gasteiger charge is -2.17. The van der Waals surface area contributed by atoms with Gasteiger partial charge < -0.3 is 4.74 Å². The molecule has 0 saturated carbocycles. The van der Waals surface area contributed by atoms with Gasteiger partial charge >= 0.3 is 0 Å². The maximum Gasteiger partial charge on any atom is 0.267 e. The van der Waals surface area contributed by atoms with E-state index in [1.807, 2.05) is 37.3 Å². The third-order valence-electron chi connectivity index (χ3n) is 6.57. The van der Waals surface area contributed by atoms with Crippen molar-refractivity contribution in [2.45, 2.75) is 31.3 Å². The zero-order valence-corrected chi connectivity index (χ0v) is 21.7. The Morgan fingerprint density at radius 3 is 2.61 bits per heavy atom. The molecule has 6 heteroatoms. The van der Waals surface area contributed by atoms with Crippen LogP contribution in [0, 0.1) is 0 Å². The maximum absolute atomic E-state index is 14.2. The summed E-state index contributed by atoms with van der Waals surface area (Å²) in [5.41, 5.74) is 5.73. The second-order valence-corrected chi connectivity index (χ2v) is 10.8. The van der Waals surface area contributed by atoms with Crippen molar-refractivity contribution < 1.29 is 4.74 Å². The Morgan fingerprint density at radius 1 is 0.972 bits per heavy atom. The summed E-state index contributed by atoms with van der Waals surface area (Å²) in [6.07, 6.45) is 2.70. The summed E-state index contributed by atoms with van der Waals surface area (Å²) in [6.45, 7) is 2.49. The highest BCUT2D eigenvalue weighted by molar-refractivity contribution is 7.99. The maximum atomic E-state index is 14.2. The Balaban J connectivity index is 1.51. The molecule has 2 aromatic heterocycles. The average molecular weight is 511 g/mol. The van der Waals surface area contributed by atoms with Crippen molar-refractivity contribution in [1.82, 2.24) is 9.55 Å². The number of rotatable bonds is 7. The van der Waals surface area contributed by atoms with Crippen molar-refractivity contribution >= 4 is 33.3 Å². The molecule has 5 aromatic rings. The molecule has 0 unspecified atom stereocenters. The molecule has 0 aliphatic heterocycles. The lowest BCUT2D eigenvalue weighted by molar-refractivity contribution is 0.338. The smallest absolute Gasteiger partial charge is 0.267 e. The van der Waals surface area contributed by atoms with E-state index in [4.69, 9.17) is 9.72 Å². The van der Waals surface area contributed by atoms with Gasteiger partial charge in [-0.15, -0.1) is 11.3 Å². The van der Waals surface area contributed by atoms with Gasteiger partial charge in [-0.3, -0.25) is 9.36 Å². The Kier molecular flexibility index (Phi) is 6.38. The Bertz CT molecular complexity index is 1610. The topological polar surface area (TPSA) is 44.1 Å². The molecule has 0 N–H and O–H groups in total. The van der Waals surface area contributed by atoms with E-state index in [2.05, 4.69) is 48.5 Å². The van der Waals surface area contributed by atoms with Crippen LogP contribution >= 0.6 is 23.1 Å². The fourth-order valence-electron chi connectivity index (χ4n) is 4.90. The van der Waals surface area contributed by atoms with E-state index in [-0.39, 0.29) is 5.56 Å². The van der Waals surface area contributed by atoms with Gasteiger partial charge in [-0.2, -0.15) is 0 Å². The molecule has 0 atom stereocenters. The molecule has 1 aliphatic rings. The molecule has 180 valence electrons. The van der Waals surface area contributed by atoms with Crippen LogP contribution in [0.4, 0.5) is 0 Å². The van der Waals surface area contributed by atoms with E-state index in [1.165, 1.54) is 21.6 Å². The fraction of sp³-hybridized carbons (Fsp3) is 0.200. The molecule has 4 nitrogen and oxygen atoms in total. The van der Waals surface area contributed by atoms with Gasteiger partial charge in [-0.1, -0.05) is 78.5 Å². The predicted octanol–water partition coefficient (Wildman–Crippen LogP) is 6.95. The summed E-state index contributed by atoms with van der Waals surface area (Å²) < 4.78 is 7.71. The molecule has 0 bridgehead atoms. The molecule has 0 radical (unpaired) electrons. The highest BCUT2D eigenvalue weighted by atomic mass is 32.2. The first-order chi connectivity index (χ1) is 17.7. The van der Waals surface area contributed by atoms with Gasteiger partial charge in [0.1, 0.15) is 10.6 Å². The normalized spacial score (nSPS) is 12.4. The van der Waals surface area contributed by atoms with E-state index < -0.39 is 0 Å². The van der Waals surface area contributed by atoms with Crippen molar-refractivity contribution in [3.8, 4) is 21.9 Å². The van der Waals surface area contributed by atoms with E-state index in [9.17, 15) is 4.79 Å². The van der Waals surface area contributed by atoms with Gasteiger partial charge in [0, 0.05) is 10.6 Å². The summed E-state index contributed by atoms with van der Waals surface area (Å²) in [7, 11) is 0. The van der Waals surface area contributed by atoms with Crippen LogP contribution in [-0.4, -0.2) is 21.9 Å². The minimum Gasteiger partial charge on any atom is -0.492 e. The van der Waals surface area contributed by atoms with Crippen LogP contribution in [0.2, 0.25) is 0 Å². The second kappa shape index (κ2) is 9.96. The van der Waals surface area contributed by atoms with E-state index in [0.717, 1.165) is 46.5 Å². The largest absolute Gasteiger partial charge is 0.492 e. The minimum atomic E-state index is -0.00811. The molecule has 6 rings (SSSR count). The Labute approximate surface area is 218 Å². The fourth-order valence-corrected chi connectivity index (χ4v) is 7.21. The first kappa shape index (κ1) is 23.1. The first-order valence-electron chi connectivity index (χ1n) is 12.3. The van der Waals surface area contributed by atoms with Crippen molar-refractivity contribution in [2.75, 3.05) is 12.4 Å². The molecule has 36 heavy (non-hydrogen) atoms. The summed E-state index contributed by atoms with van der Waals surface area (Å²) >= 11 is 3.28. The number of para-hydroxylation sites is 2. The molecule has 0 saturated heterocycles. The number of fused-ring (bicyclic) bond motifs is 5. The quantitative estimate of drug-likeness (QED) is 0.176. The third-order valence-corrected chi connectivity index (χ3v) is 8.67. The lowest BCUT2D eigenvalue weighted by Crippen LogP contribution is -2.23. The molecule has 0 amide bonds. The average Bonchev–Trinajstić information content (AvgIpc) is 3.30. The zero-order valence-electron chi connectivity index (χ0n) is 20.1. The number of hydrogen-bond donors (Lipinski definition) is 0. The van der Waals surface area contributed by atoms with Gasteiger partial charge in [0.2, 0.25) is 0 Å². The highest BCUT2D eigenvalue weighted by Gasteiger charge is 2.26. The molecule has 1 aliphatic carbocycles. The number of aryl methyl sites for hydroxylation is 3. The summed E-state index contributed by atoms with van der Waals surface area (Å²) in [6, 6.07) is 26.7. The van der Waals surface area contributed by atoms with Gasteiger partial charge in [0.25, 0.3) is 5.56 Å². The van der Waals surface area contributed by atoms with Crippen LogP contribution in [0.1, 0.15) is 23.6 Å². The molecular formula is C30H26N2O2S2. The van der Waals surface area contributed by atoms with Gasteiger partial charge in [0.15, 0.2) is 5.16 Å². The van der Waals surface area contributed by atoms with E-state index in [0.29, 0.717) is 17.5 Å². The van der Waals surface area contributed by atoms with E-state index >= 15 is 0 Å². The zero-order chi connectivity index (χ0) is 24.5. The second-order valence-electron chi connectivity index (χ2n) is 8.77. The third kappa shape index (κ3) is 4.14. The van der Waals surface area contributed by atoms with Crippen LogP contribution in [-0.2, 0) is 19.3 Å². The van der Waals surface area contributed by atoms with Crippen molar-refractivity contribution in [3.63, 3.8) is 0 Å². The molecular weight excluding hydrogens is 484 g/mol. The van der Waals surface area contributed by atoms with Crippen LogP contribution in [0.3, 0.4) is 0 Å². The molecule has 0 fully saturated rings. The van der Waals surface area contributed by atoms with Crippen molar-refractivity contribution in [3.05, 3.63) is 106 Å². The molecule has 2 heterocycles. The van der Waals surface area contributed by atoms with Crippen LogP contribution in [0.5, 0.6) is 5.75 Å². The number of hydrogen-bond acceptors (Lipinski definition) is 5. The number of thioether (sulfide) groups is 1.